The van der Waals surface area contributed by atoms with Crippen molar-refractivity contribution in [3.8, 4) is 11.4 Å². The molecule has 2 rings (SSSR count). The summed E-state index contributed by atoms with van der Waals surface area (Å²) in [4.78, 5) is 16.5. The molecule has 142 valence electrons. The van der Waals surface area contributed by atoms with E-state index in [1.807, 2.05) is 6.07 Å². The van der Waals surface area contributed by atoms with Gasteiger partial charge in [-0.2, -0.15) is 4.99 Å². The van der Waals surface area contributed by atoms with E-state index < -0.39 is 10.0 Å². The van der Waals surface area contributed by atoms with E-state index in [0.29, 0.717) is 22.2 Å². The molecule has 0 unspecified atom stereocenters. The van der Waals surface area contributed by atoms with Gasteiger partial charge < -0.3 is 16.8 Å². The maximum atomic E-state index is 11.2. The van der Waals surface area contributed by atoms with Gasteiger partial charge >= 0.3 is 0 Å². The molecule has 13 heteroatoms. The number of aliphatic imine (C=N–C) groups is 2. The molecule has 2 aromatic rings. The van der Waals surface area contributed by atoms with Crippen LogP contribution in [0.2, 0.25) is 0 Å². The topological polar surface area (TPSA) is 161 Å². The van der Waals surface area contributed by atoms with Crippen LogP contribution < -0.4 is 21.5 Å². The Morgan fingerprint density at radius 2 is 2.00 bits per heavy atom. The maximum absolute atomic E-state index is 11.2. The molecule has 0 atom stereocenters. The summed E-state index contributed by atoms with van der Waals surface area (Å²) in [6.45, 7) is 0.286. The molecular weight excluding hydrogens is 400 g/mol. The van der Waals surface area contributed by atoms with Crippen molar-refractivity contribution in [1.82, 2.24) is 20.0 Å². The van der Waals surface area contributed by atoms with Crippen molar-refractivity contribution in [2.75, 3.05) is 13.3 Å². The molecule has 0 radical (unpaired) electrons. The Morgan fingerprint density at radius 1 is 1.27 bits per heavy atom. The fourth-order valence-electron chi connectivity index (χ4n) is 1.78. The van der Waals surface area contributed by atoms with Crippen LogP contribution in [0, 0.1) is 0 Å². The lowest BCUT2D eigenvalue weighted by atomic mass is 10.2. The van der Waals surface area contributed by atoms with Gasteiger partial charge in [0.2, 0.25) is 21.1 Å². The smallest absolute Gasteiger partial charge is 0.232 e. The third-order valence-electron chi connectivity index (χ3n) is 2.73. The van der Waals surface area contributed by atoms with Gasteiger partial charge in [-0.25, -0.2) is 18.4 Å². The van der Waals surface area contributed by atoms with Gasteiger partial charge in [0.25, 0.3) is 0 Å². The van der Waals surface area contributed by atoms with Crippen molar-refractivity contribution < 1.29 is 8.42 Å². The Kier molecular flexibility index (Phi) is 7.74. The monoisotopic (exact) mass is 418 g/mol. The average Bonchev–Trinajstić information content (AvgIpc) is 2.98. The highest BCUT2D eigenvalue weighted by atomic mass is 35.5. The second-order valence-electron chi connectivity index (χ2n) is 4.87. The minimum atomic E-state index is -3.40. The number of hydrogen-bond acceptors (Lipinski definition) is 7. The fourth-order valence-corrected chi connectivity index (χ4v) is 2.99. The Hall–Kier alpha value is -2.44. The number of guanidine groups is 2. The molecule has 0 spiro atoms. The molecular formula is C13H19ClN8O2S2. The van der Waals surface area contributed by atoms with Gasteiger partial charge in [-0.1, -0.05) is 6.07 Å². The van der Waals surface area contributed by atoms with E-state index in [-0.39, 0.29) is 30.9 Å². The van der Waals surface area contributed by atoms with Gasteiger partial charge in [-0.15, -0.1) is 23.7 Å². The predicted molar refractivity (Wildman–Crippen MR) is 106 cm³/mol. The normalized spacial score (nSPS) is 11.4. The molecule has 0 bridgehead atoms. The lowest BCUT2D eigenvalue weighted by Gasteiger charge is -2.10. The molecule has 0 aliphatic carbocycles. The zero-order valence-corrected chi connectivity index (χ0v) is 16.5. The minimum Gasteiger partial charge on any atom is -0.370 e. The first kappa shape index (κ1) is 21.6. The summed E-state index contributed by atoms with van der Waals surface area (Å²) >= 11 is 1.30. The van der Waals surface area contributed by atoms with Gasteiger partial charge in [0.1, 0.15) is 5.69 Å². The van der Waals surface area contributed by atoms with Crippen molar-refractivity contribution in [3.63, 3.8) is 0 Å². The van der Waals surface area contributed by atoms with Crippen LogP contribution >= 0.6 is 23.7 Å². The summed E-state index contributed by atoms with van der Waals surface area (Å²) in [6.07, 6.45) is 1.05. The number of rotatable bonds is 5. The third kappa shape index (κ3) is 6.82. The predicted octanol–water partition coefficient (Wildman–Crippen LogP) is 0.156. The van der Waals surface area contributed by atoms with E-state index in [0.717, 1.165) is 6.26 Å². The van der Waals surface area contributed by atoms with Crippen molar-refractivity contribution in [2.45, 2.75) is 6.54 Å². The number of hydrogen-bond donors (Lipinski definition) is 4. The van der Waals surface area contributed by atoms with Crippen molar-refractivity contribution in [2.24, 2.45) is 21.5 Å². The standard InChI is InChI=1S/C13H18N8O2S2.ClH/c1-16-12(21-25(2,22)23)17-6-8-4-3-5-9(18-8)10-7-24-13(19-10)20-11(14)15;/h3-5,7H,6H2,1-2H3,(H2,16,17,21)(H4,14,15,19,20);1H. The molecule has 0 amide bonds. The molecule has 10 nitrogen and oxygen atoms in total. The van der Waals surface area contributed by atoms with E-state index in [9.17, 15) is 8.42 Å². The first-order valence-corrected chi connectivity index (χ1v) is 9.74. The number of nitrogens with one attached hydrogen (secondary N) is 2. The Balaban J connectivity index is 0.00000338. The van der Waals surface area contributed by atoms with Crippen LogP contribution in [0.5, 0.6) is 0 Å². The molecule has 0 fully saturated rings. The van der Waals surface area contributed by atoms with Crippen molar-refractivity contribution in [3.05, 3.63) is 29.3 Å². The van der Waals surface area contributed by atoms with E-state index in [1.165, 1.54) is 18.4 Å². The number of thiazole rings is 1. The summed E-state index contributed by atoms with van der Waals surface area (Å²) in [7, 11) is -1.93. The van der Waals surface area contributed by atoms with Crippen LogP contribution in [0.3, 0.4) is 0 Å². The number of halogens is 1. The highest BCUT2D eigenvalue weighted by molar-refractivity contribution is 7.89. The molecule has 2 aromatic heterocycles. The minimum absolute atomic E-state index is 0. The summed E-state index contributed by atoms with van der Waals surface area (Å²) in [6, 6.07) is 5.43. The van der Waals surface area contributed by atoms with Crippen molar-refractivity contribution in [1.29, 1.82) is 0 Å². The van der Waals surface area contributed by atoms with E-state index in [2.05, 4.69) is 30.0 Å². The Morgan fingerprint density at radius 3 is 2.62 bits per heavy atom. The van der Waals surface area contributed by atoms with Crippen LogP contribution in [0.1, 0.15) is 5.69 Å². The maximum Gasteiger partial charge on any atom is 0.232 e. The number of pyridine rings is 1. The molecule has 0 aliphatic rings. The lowest BCUT2D eigenvalue weighted by molar-refractivity contribution is 0.597. The summed E-state index contributed by atoms with van der Waals surface area (Å²) in [5.74, 6) is 0.0787. The summed E-state index contributed by atoms with van der Waals surface area (Å²) < 4.78 is 24.8. The van der Waals surface area contributed by atoms with E-state index in [1.54, 1.807) is 17.5 Å². The molecule has 0 saturated carbocycles. The fraction of sp³-hybridized carbons (Fsp3) is 0.231. The molecule has 0 aliphatic heterocycles. The van der Waals surface area contributed by atoms with Gasteiger partial charge in [-0.3, -0.25) is 9.71 Å². The SMILES string of the molecule is CN=C(NCc1cccc(-c2csc(N=C(N)N)n2)n1)NS(C)(=O)=O.Cl. The van der Waals surface area contributed by atoms with E-state index >= 15 is 0 Å². The zero-order valence-electron chi connectivity index (χ0n) is 14.0. The van der Waals surface area contributed by atoms with Crippen LogP contribution in [0.25, 0.3) is 11.4 Å². The highest BCUT2D eigenvalue weighted by Gasteiger charge is 2.08. The number of nitrogens with zero attached hydrogens (tertiary/aromatic N) is 4. The molecule has 2 heterocycles. The largest absolute Gasteiger partial charge is 0.370 e. The molecule has 6 N–H and O–H groups in total. The molecule has 0 aromatic carbocycles. The number of nitrogens with two attached hydrogens (primary N) is 2. The van der Waals surface area contributed by atoms with Crippen LogP contribution in [-0.2, 0) is 16.6 Å². The van der Waals surface area contributed by atoms with Crippen LogP contribution in [0.4, 0.5) is 5.13 Å². The third-order valence-corrected chi connectivity index (χ3v) is 4.03. The first-order valence-electron chi connectivity index (χ1n) is 6.97. The number of aromatic nitrogens is 2. The van der Waals surface area contributed by atoms with Crippen LogP contribution in [0.15, 0.2) is 33.6 Å². The zero-order chi connectivity index (χ0) is 18.4. The Bertz CT molecular complexity index is 906. The van der Waals surface area contributed by atoms with Gasteiger partial charge in [0.15, 0.2) is 5.96 Å². The quantitative estimate of drug-likeness (QED) is 0.397. The summed E-state index contributed by atoms with van der Waals surface area (Å²) in [5, 5.41) is 5.12. The highest BCUT2D eigenvalue weighted by Crippen LogP contribution is 2.25. The van der Waals surface area contributed by atoms with Crippen molar-refractivity contribution >= 4 is 50.8 Å². The number of sulfonamides is 1. The average molecular weight is 419 g/mol. The molecule has 26 heavy (non-hydrogen) atoms. The molecule has 0 saturated heterocycles. The van der Waals surface area contributed by atoms with Gasteiger partial charge in [0.05, 0.1) is 24.2 Å². The first-order chi connectivity index (χ1) is 11.8. The Labute approximate surface area is 161 Å². The van der Waals surface area contributed by atoms with Gasteiger partial charge in [-0.05, 0) is 12.1 Å². The lowest BCUT2D eigenvalue weighted by Crippen LogP contribution is -2.40. The second-order valence-corrected chi connectivity index (χ2v) is 7.45. The van der Waals surface area contributed by atoms with Crippen LogP contribution in [-0.4, -0.2) is 43.6 Å². The summed E-state index contributed by atoms with van der Waals surface area (Å²) in [5.41, 5.74) is 12.6. The second kappa shape index (κ2) is 9.31. The van der Waals surface area contributed by atoms with E-state index in [4.69, 9.17) is 11.5 Å². The van der Waals surface area contributed by atoms with Gasteiger partial charge in [0, 0.05) is 12.4 Å².